The number of rotatable bonds is 3. The highest BCUT2D eigenvalue weighted by Gasteiger charge is 2.39. The topological polar surface area (TPSA) is 46.6 Å². The fraction of sp³-hybridized carbons (Fsp3) is 0.176. The average molecular weight is 316 g/mol. The van der Waals surface area contributed by atoms with Gasteiger partial charge in [0.25, 0.3) is 5.91 Å². The van der Waals surface area contributed by atoms with Crippen molar-refractivity contribution < 1.29 is 14.3 Å². The molecule has 112 valence electrons. The molecule has 0 bridgehead atoms. The smallest absolute Gasteiger partial charge is 0.343 e. The lowest BCUT2D eigenvalue weighted by atomic mass is 10.0. The number of hydrogen-bond donors (Lipinski definition) is 0. The van der Waals surface area contributed by atoms with E-state index in [1.54, 1.807) is 41.3 Å². The molecule has 1 heterocycles. The number of carbonyl (C=O) groups is 2. The van der Waals surface area contributed by atoms with E-state index in [0.29, 0.717) is 22.7 Å². The van der Waals surface area contributed by atoms with E-state index in [1.807, 2.05) is 19.1 Å². The molecular formula is C17H14ClNO3. The third-order valence-electron chi connectivity index (χ3n) is 3.65. The summed E-state index contributed by atoms with van der Waals surface area (Å²) in [5.74, 6) is -0.783. The normalized spacial score (nSPS) is 20.1. The summed E-state index contributed by atoms with van der Waals surface area (Å²) in [6.07, 6.45) is 5.25. The second-order valence-corrected chi connectivity index (χ2v) is 5.40. The lowest BCUT2D eigenvalue weighted by Crippen LogP contribution is -2.34. The molecule has 3 rings (SSSR count). The molecule has 4 nitrogen and oxygen atoms in total. The van der Waals surface area contributed by atoms with Crippen molar-refractivity contribution in [3.05, 3.63) is 70.5 Å². The van der Waals surface area contributed by atoms with Gasteiger partial charge in [0, 0.05) is 17.2 Å². The molecule has 0 fully saturated rings. The first-order chi connectivity index (χ1) is 10.6. The molecule has 22 heavy (non-hydrogen) atoms. The van der Waals surface area contributed by atoms with Gasteiger partial charge in [-0.3, -0.25) is 4.79 Å². The Hall–Kier alpha value is -2.33. The summed E-state index contributed by atoms with van der Waals surface area (Å²) in [4.78, 5) is 26.3. The van der Waals surface area contributed by atoms with E-state index in [2.05, 4.69) is 0 Å². The molecule has 1 aliphatic heterocycles. The minimum Gasteiger partial charge on any atom is -0.417 e. The van der Waals surface area contributed by atoms with Crippen molar-refractivity contribution in [3.8, 4) is 0 Å². The van der Waals surface area contributed by atoms with Crippen molar-refractivity contribution in [2.75, 3.05) is 6.54 Å². The standard InChI is InChI=1S/C17H14ClNO3/c1-2-19-14-9-8-12(18)10-13(14)15(16(19)20)22-17(21)11-6-4-3-5-7-11/h3-10,14H,2H2,1H3. The van der Waals surface area contributed by atoms with Crippen molar-refractivity contribution in [2.45, 2.75) is 13.0 Å². The molecule has 2 aliphatic rings. The van der Waals surface area contributed by atoms with E-state index < -0.39 is 5.97 Å². The Kier molecular flexibility index (Phi) is 3.86. The van der Waals surface area contributed by atoms with Crippen molar-refractivity contribution in [2.24, 2.45) is 0 Å². The van der Waals surface area contributed by atoms with Crippen molar-refractivity contribution in [1.82, 2.24) is 4.90 Å². The van der Waals surface area contributed by atoms with Crippen LogP contribution in [0.25, 0.3) is 0 Å². The second kappa shape index (κ2) is 5.81. The zero-order valence-electron chi connectivity index (χ0n) is 12.0. The number of carbonyl (C=O) groups excluding carboxylic acids is 2. The fourth-order valence-electron chi connectivity index (χ4n) is 2.59. The summed E-state index contributed by atoms with van der Waals surface area (Å²) >= 11 is 6.01. The number of fused-ring (bicyclic) bond motifs is 1. The molecule has 0 radical (unpaired) electrons. The number of esters is 1. The maximum atomic E-state index is 12.5. The monoisotopic (exact) mass is 315 g/mol. The van der Waals surface area contributed by atoms with Crippen LogP contribution in [0.2, 0.25) is 0 Å². The van der Waals surface area contributed by atoms with Crippen LogP contribution in [0.15, 0.2) is 64.9 Å². The minimum atomic E-state index is -0.549. The van der Waals surface area contributed by atoms with E-state index in [9.17, 15) is 9.59 Å². The van der Waals surface area contributed by atoms with Crippen LogP contribution < -0.4 is 0 Å². The molecule has 1 aromatic carbocycles. The molecule has 1 aliphatic carbocycles. The summed E-state index contributed by atoms with van der Waals surface area (Å²) in [5.41, 5.74) is 1.03. The molecule has 0 aromatic heterocycles. The van der Waals surface area contributed by atoms with Gasteiger partial charge in [0.15, 0.2) is 0 Å². The molecule has 0 spiro atoms. The van der Waals surface area contributed by atoms with Crippen LogP contribution in [0.1, 0.15) is 17.3 Å². The predicted molar refractivity (Wildman–Crippen MR) is 83.1 cm³/mol. The van der Waals surface area contributed by atoms with Crippen LogP contribution in [0, 0.1) is 0 Å². The molecule has 1 aromatic rings. The van der Waals surface area contributed by atoms with Gasteiger partial charge in [-0.05, 0) is 31.2 Å². The van der Waals surface area contributed by atoms with Gasteiger partial charge in [-0.25, -0.2) is 4.79 Å². The van der Waals surface area contributed by atoms with E-state index in [1.165, 1.54) is 0 Å². The molecule has 1 amide bonds. The van der Waals surface area contributed by atoms with Gasteiger partial charge in [-0.15, -0.1) is 0 Å². The van der Waals surface area contributed by atoms with Gasteiger partial charge in [0.2, 0.25) is 5.76 Å². The Morgan fingerprint density at radius 1 is 1.32 bits per heavy atom. The first-order valence-corrected chi connectivity index (χ1v) is 7.37. The summed E-state index contributed by atoms with van der Waals surface area (Å²) in [7, 11) is 0. The third kappa shape index (κ3) is 2.46. The Balaban J connectivity index is 1.94. The number of nitrogens with zero attached hydrogens (tertiary/aromatic N) is 1. The molecule has 1 atom stereocenters. The van der Waals surface area contributed by atoms with E-state index >= 15 is 0 Å². The number of allylic oxidation sites excluding steroid dienone is 2. The van der Waals surface area contributed by atoms with Gasteiger partial charge >= 0.3 is 5.97 Å². The molecule has 0 saturated carbocycles. The summed E-state index contributed by atoms with van der Waals surface area (Å²) < 4.78 is 5.37. The molecule has 5 heteroatoms. The highest BCUT2D eigenvalue weighted by atomic mass is 35.5. The number of likely N-dealkylation sites (N-methyl/N-ethyl adjacent to an activating group) is 1. The van der Waals surface area contributed by atoms with E-state index in [4.69, 9.17) is 16.3 Å². The Morgan fingerprint density at radius 3 is 2.73 bits per heavy atom. The van der Waals surface area contributed by atoms with Gasteiger partial charge in [0.05, 0.1) is 11.6 Å². The lowest BCUT2D eigenvalue weighted by Gasteiger charge is -2.23. The largest absolute Gasteiger partial charge is 0.417 e. The molecule has 0 N–H and O–H groups in total. The molecule has 0 saturated heterocycles. The van der Waals surface area contributed by atoms with Crippen molar-refractivity contribution in [3.63, 3.8) is 0 Å². The van der Waals surface area contributed by atoms with Gasteiger partial charge < -0.3 is 9.64 Å². The van der Waals surface area contributed by atoms with E-state index in [0.717, 1.165) is 0 Å². The lowest BCUT2D eigenvalue weighted by molar-refractivity contribution is -0.128. The van der Waals surface area contributed by atoms with Gasteiger partial charge in [-0.2, -0.15) is 0 Å². The SMILES string of the molecule is CCN1C(=O)C(OC(=O)c2ccccc2)=C2C=C(Cl)C=CC21. The van der Waals surface area contributed by atoms with Gasteiger partial charge in [0.1, 0.15) is 0 Å². The number of hydrogen-bond acceptors (Lipinski definition) is 3. The Bertz CT molecular complexity index is 719. The van der Waals surface area contributed by atoms with Crippen LogP contribution in [0.3, 0.4) is 0 Å². The van der Waals surface area contributed by atoms with E-state index in [-0.39, 0.29) is 17.7 Å². The minimum absolute atomic E-state index is 0.0585. The maximum absolute atomic E-state index is 12.5. The zero-order valence-corrected chi connectivity index (χ0v) is 12.7. The molecule has 1 unspecified atom stereocenters. The number of benzene rings is 1. The van der Waals surface area contributed by atoms with Crippen molar-refractivity contribution in [1.29, 1.82) is 0 Å². The quantitative estimate of drug-likeness (QED) is 0.806. The fourth-order valence-corrected chi connectivity index (χ4v) is 2.78. The maximum Gasteiger partial charge on any atom is 0.343 e. The highest BCUT2D eigenvalue weighted by molar-refractivity contribution is 6.31. The summed E-state index contributed by atoms with van der Waals surface area (Å²) in [6, 6.07) is 8.36. The van der Waals surface area contributed by atoms with Crippen LogP contribution in [0.5, 0.6) is 0 Å². The predicted octanol–water partition coefficient (Wildman–Crippen LogP) is 3.02. The second-order valence-electron chi connectivity index (χ2n) is 4.96. The third-order valence-corrected chi connectivity index (χ3v) is 3.88. The summed E-state index contributed by atoms with van der Waals surface area (Å²) in [6.45, 7) is 2.40. The number of halogens is 1. The van der Waals surface area contributed by atoms with Crippen LogP contribution in [-0.2, 0) is 9.53 Å². The number of amides is 1. The molecular weight excluding hydrogens is 302 g/mol. The van der Waals surface area contributed by atoms with Crippen LogP contribution in [-0.4, -0.2) is 29.4 Å². The highest BCUT2D eigenvalue weighted by Crippen LogP contribution is 2.33. The van der Waals surface area contributed by atoms with Crippen molar-refractivity contribution >= 4 is 23.5 Å². The first kappa shape index (κ1) is 14.6. The first-order valence-electron chi connectivity index (χ1n) is 6.99. The van der Waals surface area contributed by atoms with Crippen LogP contribution >= 0.6 is 11.6 Å². The Morgan fingerprint density at radius 2 is 2.05 bits per heavy atom. The Labute approximate surface area is 133 Å². The van der Waals surface area contributed by atoms with Crippen LogP contribution in [0.4, 0.5) is 0 Å². The van der Waals surface area contributed by atoms with Gasteiger partial charge in [-0.1, -0.05) is 35.9 Å². The summed E-state index contributed by atoms with van der Waals surface area (Å²) in [5, 5.41) is 0.505. The zero-order chi connectivity index (χ0) is 15.7. The average Bonchev–Trinajstić information content (AvgIpc) is 2.79. The number of ether oxygens (including phenoxy) is 1.